The van der Waals surface area contributed by atoms with Gasteiger partial charge in [-0.3, -0.25) is 4.90 Å². The zero-order valence-electron chi connectivity index (χ0n) is 16.3. The highest BCUT2D eigenvalue weighted by Crippen LogP contribution is 2.41. The molecule has 1 saturated heterocycles. The predicted octanol–water partition coefficient (Wildman–Crippen LogP) is 5.11. The van der Waals surface area contributed by atoms with Gasteiger partial charge in [-0.15, -0.1) is 0 Å². The maximum atomic E-state index is 13.5. The molecule has 0 aromatic heterocycles. The Labute approximate surface area is 170 Å². The van der Waals surface area contributed by atoms with Gasteiger partial charge in [0.25, 0.3) is 0 Å². The Kier molecular flexibility index (Phi) is 5.74. The van der Waals surface area contributed by atoms with Crippen LogP contribution in [0.2, 0.25) is 0 Å². The summed E-state index contributed by atoms with van der Waals surface area (Å²) in [6.45, 7) is 2.49. The Morgan fingerprint density at radius 2 is 1.38 bits per heavy atom. The first-order valence-electron chi connectivity index (χ1n) is 10.1. The maximum absolute atomic E-state index is 13.5. The number of rotatable bonds is 5. The van der Waals surface area contributed by atoms with E-state index in [0.717, 1.165) is 25.9 Å². The van der Waals surface area contributed by atoms with Gasteiger partial charge in [-0.05, 0) is 60.3 Å². The molecular formula is C25H25F2NO. The third kappa shape index (κ3) is 4.24. The van der Waals surface area contributed by atoms with E-state index in [-0.39, 0.29) is 17.6 Å². The van der Waals surface area contributed by atoms with Crippen LogP contribution in [0, 0.1) is 17.6 Å². The Hall–Kier alpha value is -2.56. The zero-order chi connectivity index (χ0) is 20.3. The second kappa shape index (κ2) is 8.44. The Morgan fingerprint density at radius 1 is 0.828 bits per heavy atom. The summed E-state index contributed by atoms with van der Waals surface area (Å²) in [5.74, 6) is -0.773. The van der Waals surface area contributed by atoms with Gasteiger partial charge in [-0.1, -0.05) is 54.6 Å². The Bertz CT molecular complexity index is 880. The minimum atomic E-state index is -1.31. The molecule has 3 aromatic rings. The number of nitrogens with zero attached hydrogens (tertiary/aromatic N) is 1. The molecule has 0 aliphatic carbocycles. The average Bonchev–Trinajstić information content (AvgIpc) is 2.75. The SMILES string of the molecule is OC(c1ccc(F)cc1)(c1ccc(F)cc1)C1CCCN(Cc2ccccc2)C1. The molecule has 3 aromatic carbocycles. The lowest BCUT2D eigenvalue weighted by molar-refractivity contribution is -0.0215. The molecular weight excluding hydrogens is 368 g/mol. The highest BCUT2D eigenvalue weighted by atomic mass is 19.1. The summed E-state index contributed by atoms with van der Waals surface area (Å²) < 4.78 is 27.1. The van der Waals surface area contributed by atoms with Gasteiger partial charge >= 0.3 is 0 Å². The van der Waals surface area contributed by atoms with Gasteiger partial charge in [0.2, 0.25) is 0 Å². The number of hydrogen-bond acceptors (Lipinski definition) is 2. The van der Waals surface area contributed by atoms with Gasteiger partial charge < -0.3 is 5.11 Å². The van der Waals surface area contributed by atoms with E-state index in [9.17, 15) is 13.9 Å². The predicted molar refractivity (Wildman–Crippen MR) is 110 cm³/mol. The molecule has 4 heteroatoms. The first-order chi connectivity index (χ1) is 14.1. The highest BCUT2D eigenvalue weighted by molar-refractivity contribution is 5.37. The van der Waals surface area contributed by atoms with Crippen LogP contribution < -0.4 is 0 Å². The normalized spacial score (nSPS) is 18.0. The molecule has 4 rings (SSSR count). The van der Waals surface area contributed by atoms with Crippen LogP contribution in [-0.2, 0) is 12.1 Å². The van der Waals surface area contributed by atoms with E-state index >= 15 is 0 Å². The van der Waals surface area contributed by atoms with Crippen molar-refractivity contribution in [3.8, 4) is 0 Å². The molecule has 2 nitrogen and oxygen atoms in total. The fourth-order valence-corrected chi connectivity index (χ4v) is 4.43. The van der Waals surface area contributed by atoms with Crippen LogP contribution in [0.1, 0.15) is 29.5 Å². The third-order valence-corrected chi connectivity index (χ3v) is 5.91. The van der Waals surface area contributed by atoms with Crippen LogP contribution in [0.3, 0.4) is 0 Å². The summed E-state index contributed by atoms with van der Waals surface area (Å²) in [6, 6.07) is 22.3. The van der Waals surface area contributed by atoms with Crippen molar-refractivity contribution in [1.29, 1.82) is 0 Å². The number of benzene rings is 3. The number of hydrogen-bond donors (Lipinski definition) is 1. The average molecular weight is 393 g/mol. The summed E-state index contributed by atoms with van der Waals surface area (Å²) in [5, 5.41) is 12.0. The van der Waals surface area contributed by atoms with E-state index in [2.05, 4.69) is 17.0 Å². The third-order valence-electron chi connectivity index (χ3n) is 5.91. The lowest BCUT2D eigenvalue weighted by Gasteiger charge is -2.43. The number of aliphatic hydroxyl groups is 1. The van der Waals surface area contributed by atoms with E-state index in [4.69, 9.17) is 0 Å². The molecule has 1 unspecified atom stereocenters. The van der Waals surface area contributed by atoms with Crippen LogP contribution in [0.5, 0.6) is 0 Å². The molecule has 1 fully saturated rings. The standard InChI is InChI=1S/C25H25F2NO/c26-23-12-8-20(9-13-23)25(29,21-10-14-24(27)15-11-21)22-7-4-16-28(18-22)17-19-5-2-1-3-6-19/h1-3,5-6,8-15,22,29H,4,7,16-18H2. The molecule has 0 bridgehead atoms. The summed E-state index contributed by atoms with van der Waals surface area (Å²) in [7, 11) is 0. The molecule has 1 aliphatic rings. The summed E-state index contributed by atoms with van der Waals surface area (Å²) in [5.41, 5.74) is 1.20. The van der Waals surface area contributed by atoms with Gasteiger partial charge in [0.1, 0.15) is 17.2 Å². The summed E-state index contributed by atoms with van der Waals surface area (Å²) >= 11 is 0. The largest absolute Gasteiger partial charge is 0.380 e. The summed E-state index contributed by atoms with van der Waals surface area (Å²) in [4.78, 5) is 2.35. The van der Waals surface area contributed by atoms with Crippen LogP contribution in [0.4, 0.5) is 8.78 Å². The molecule has 1 aliphatic heterocycles. The molecule has 0 spiro atoms. The Balaban J connectivity index is 1.66. The van der Waals surface area contributed by atoms with Crippen LogP contribution in [-0.4, -0.2) is 23.1 Å². The van der Waals surface area contributed by atoms with Crippen molar-refractivity contribution in [2.45, 2.75) is 25.0 Å². The fourth-order valence-electron chi connectivity index (χ4n) is 4.43. The van der Waals surface area contributed by atoms with Crippen molar-refractivity contribution in [2.75, 3.05) is 13.1 Å². The molecule has 1 atom stereocenters. The first-order valence-corrected chi connectivity index (χ1v) is 10.1. The van der Waals surface area contributed by atoms with E-state index in [1.165, 1.54) is 29.8 Å². The molecule has 0 radical (unpaired) electrons. The molecule has 29 heavy (non-hydrogen) atoms. The monoisotopic (exact) mass is 393 g/mol. The lowest BCUT2D eigenvalue weighted by Crippen LogP contribution is -2.46. The Morgan fingerprint density at radius 3 is 1.93 bits per heavy atom. The highest BCUT2D eigenvalue weighted by Gasteiger charge is 2.42. The van der Waals surface area contributed by atoms with Crippen molar-refractivity contribution in [3.05, 3.63) is 107 Å². The number of likely N-dealkylation sites (tertiary alicyclic amines) is 1. The quantitative estimate of drug-likeness (QED) is 0.651. The van der Waals surface area contributed by atoms with Crippen LogP contribution >= 0.6 is 0 Å². The van der Waals surface area contributed by atoms with Crippen LogP contribution in [0.25, 0.3) is 0 Å². The van der Waals surface area contributed by atoms with Crippen LogP contribution in [0.15, 0.2) is 78.9 Å². The van der Waals surface area contributed by atoms with Crippen molar-refractivity contribution in [3.63, 3.8) is 0 Å². The van der Waals surface area contributed by atoms with Gasteiger partial charge in [0, 0.05) is 19.0 Å². The topological polar surface area (TPSA) is 23.5 Å². The second-order valence-electron chi connectivity index (χ2n) is 7.84. The molecule has 150 valence electrons. The second-order valence-corrected chi connectivity index (χ2v) is 7.84. The number of piperidine rings is 1. The minimum absolute atomic E-state index is 0.0871. The molecule has 1 heterocycles. The smallest absolute Gasteiger partial charge is 0.123 e. The maximum Gasteiger partial charge on any atom is 0.123 e. The zero-order valence-corrected chi connectivity index (χ0v) is 16.3. The van der Waals surface area contributed by atoms with Gasteiger partial charge in [-0.2, -0.15) is 0 Å². The van der Waals surface area contributed by atoms with E-state index in [0.29, 0.717) is 17.7 Å². The fraction of sp³-hybridized carbons (Fsp3) is 0.280. The lowest BCUT2D eigenvalue weighted by atomic mass is 9.72. The van der Waals surface area contributed by atoms with Crippen molar-refractivity contribution in [2.24, 2.45) is 5.92 Å². The minimum Gasteiger partial charge on any atom is -0.380 e. The molecule has 0 saturated carbocycles. The molecule has 0 amide bonds. The number of halogens is 2. The van der Waals surface area contributed by atoms with E-state index < -0.39 is 5.60 Å². The van der Waals surface area contributed by atoms with Crippen molar-refractivity contribution in [1.82, 2.24) is 4.90 Å². The van der Waals surface area contributed by atoms with E-state index in [1.54, 1.807) is 24.3 Å². The van der Waals surface area contributed by atoms with Gasteiger partial charge in [0.05, 0.1) is 0 Å². The molecule has 1 N–H and O–H groups in total. The van der Waals surface area contributed by atoms with Gasteiger partial charge in [-0.25, -0.2) is 8.78 Å². The van der Waals surface area contributed by atoms with Gasteiger partial charge in [0.15, 0.2) is 0 Å². The summed E-state index contributed by atoms with van der Waals surface area (Å²) in [6.07, 6.45) is 1.80. The first kappa shape index (κ1) is 19.7. The van der Waals surface area contributed by atoms with Crippen molar-refractivity contribution < 1.29 is 13.9 Å². The van der Waals surface area contributed by atoms with Crippen molar-refractivity contribution >= 4 is 0 Å². The van der Waals surface area contributed by atoms with E-state index in [1.807, 2.05) is 18.2 Å².